The molecule has 13 heavy (non-hydrogen) atoms. The molecule has 0 bridgehead atoms. The lowest BCUT2D eigenvalue weighted by atomic mass is 9.97. The number of hydrogen-bond donors (Lipinski definition) is 1. The number of hydrogen-bond acceptors (Lipinski definition) is 3. The molecule has 0 saturated heterocycles. The summed E-state index contributed by atoms with van der Waals surface area (Å²) < 4.78 is 4.82. The van der Waals surface area contributed by atoms with Gasteiger partial charge in [-0.05, 0) is 26.3 Å². The average Bonchev–Trinajstić information content (AvgIpc) is 2.50. The van der Waals surface area contributed by atoms with Crippen molar-refractivity contribution in [3.05, 3.63) is 24.2 Å². The summed E-state index contributed by atoms with van der Waals surface area (Å²) in [6, 6.07) is 1.67. The molecule has 3 nitrogen and oxygen atoms in total. The predicted molar refractivity (Wildman–Crippen MR) is 50.5 cm³/mol. The Hall–Kier alpha value is -1.09. The second kappa shape index (κ2) is 3.75. The molecule has 1 heterocycles. The number of carbonyl (C=O) groups is 1. The Kier molecular flexibility index (Phi) is 2.88. The normalized spacial score (nSPS) is 11.6. The molecule has 0 saturated carbocycles. The molecule has 0 atom stereocenters. The Balaban J connectivity index is 2.44. The van der Waals surface area contributed by atoms with Crippen LogP contribution in [-0.4, -0.2) is 11.3 Å². The summed E-state index contributed by atoms with van der Waals surface area (Å²) in [6.07, 6.45) is 4.13. The Morgan fingerprint density at radius 3 is 2.77 bits per heavy atom. The molecular weight excluding hydrogens is 166 g/mol. The highest BCUT2D eigenvalue weighted by atomic mass is 16.3. The van der Waals surface area contributed by atoms with Crippen LogP contribution >= 0.6 is 0 Å². The van der Waals surface area contributed by atoms with Gasteiger partial charge in [0.2, 0.25) is 0 Å². The van der Waals surface area contributed by atoms with E-state index in [-0.39, 0.29) is 11.3 Å². The smallest absolute Gasteiger partial charge is 0.166 e. The molecule has 0 amide bonds. The van der Waals surface area contributed by atoms with Gasteiger partial charge in [0.25, 0.3) is 0 Å². The first-order valence-electron chi connectivity index (χ1n) is 4.33. The quantitative estimate of drug-likeness (QED) is 0.722. The summed E-state index contributed by atoms with van der Waals surface area (Å²) in [5.74, 6) is 0.0901. The summed E-state index contributed by atoms with van der Waals surface area (Å²) in [7, 11) is 0. The van der Waals surface area contributed by atoms with Crippen LogP contribution in [-0.2, 0) is 0 Å². The van der Waals surface area contributed by atoms with Gasteiger partial charge in [0.05, 0.1) is 11.8 Å². The minimum Gasteiger partial charge on any atom is -0.472 e. The van der Waals surface area contributed by atoms with Gasteiger partial charge in [-0.25, -0.2) is 0 Å². The number of Topliss-reactive ketones (excluding diaryl/α,β-unsaturated/α-hetero) is 1. The first-order valence-corrected chi connectivity index (χ1v) is 4.33. The molecule has 1 rings (SSSR count). The van der Waals surface area contributed by atoms with E-state index in [1.807, 2.05) is 13.8 Å². The van der Waals surface area contributed by atoms with E-state index in [1.54, 1.807) is 6.07 Å². The molecule has 2 N–H and O–H groups in total. The van der Waals surface area contributed by atoms with Crippen LogP contribution in [0.3, 0.4) is 0 Å². The summed E-state index contributed by atoms with van der Waals surface area (Å²) in [6.45, 7) is 3.82. The van der Waals surface area contributed by atoms with Crippen molar-refractivity contribution in [3.63, 3.8) is 0 Å². The van der Waals surface area contributed by atoms with Gasteiger partial charge in [0.1, 0.15) is 6.26 Å². The maximum absolute atomic E-state index is 11.4. The molecule has 3 heteroatoms. The molecule has 0 unspecified atom stereocenters. The van der Waals surface area contributed by atoms with E-state index in [9.17, 15) is 4.79 Å². The minimum atomic E-state index is -0.278. The highest BCUT2D eigenvalue weighted by Gasteiger charge is 2.14. The van der Waals surface area contributed by atoms with Crippen LogP contribution in [0.1, 0.15) is 37.0 Å². The predicted octanol–water partition coefficient (Wildman–Crippen LogP) is 1.98. The average molecular weight is 181 g/mol. The van der Waals surface area contributed by atoms with E-state index in [1.165, 1.54) is 12.5 Å². The molecule has 0 spiro atoms. The van der Waals surface area contributed by atoms with E-state index in [0.29, 0.717) is 18.4 Å². The van der Waals surface area contributed by atoms with Gasteiger partial charge < -0.3 is 10.2 Å². The van der Waals surface area contributed by atoms with Gasteiger partial charge in [-0.2, -0.15) is 0 Å². The summed E-state index contributed by atoms with van der Waals surface area (Å²) in [4.78, 5) is 11.4. The van der Waals surface area contributed by atoms with E-state index in [2.05, 4.69) is 0 Å². The Morgan fingerprint density at radius 2 is 2.31 bits per heavy atom. The third-order valence-corrected chi connectivity index (χ3v) is 1.84. The zero-order valence-corrected chi connectivity index (χ0v) is 8.04. The number of carbonyl (C=O) groups excluding carboxylic acids is 1. The van der Waals surface area contributed by atoms with Gasteiger partial charge in [-0.3, -0.25) is 4.79 Å². The number of rotatable bonds is 4. The van der Waals surface area contributed by atoms with Gasteiger partial charge in [0, 0.05) is 12.0 Å². The molecule has 0 aliphatic carbocycles. The van der Waals surface area contributed by atoms with Crippen molar-refractivity contribution in [2.75, 3.05) is 0 Å². The van der Waals surface area contributed by atoms with Gasteiger partial charge >= 0.3 is 0 Å². The third-order valence-electron chi connectivity index (χ3n) is 1.84. The van der Waals surface area contributed by atoms with Crippen LogP contribution in [0.4, 0.5) is 0 Å². The first-order chi connectivity index (χ1) is 5.99. The topological polar surface area (TPSA) is 56.2 Å². The second-order valence-electron chi connectivity index (χ2n) is 3.92. The molecule has 1 aromatic heterocycles. The van der Waals surface area contributed by atoms with Crippen molar-refractivity contribution in [2.45, 2.75) is 32.2 Å². The second-order valence-corrected chi connectivity index (χ2v) is 3.92. The summed E-state index contributed by atoms with van der Waals surface area (Å²) in [5.41, 5.74) is 6.11. The Bertz CT molecular complexity index is 270. The fourth-order valence-corrected chi connectivity index (χ4v) is 1.00. The lowest BCUT2D eigenvalue weighted by Gasteiger charge is -2.16. The first kappa shape index (κ1) is 9.99. The van der Waals surface area contributed by atoms with Crippen LogP contribution in [0, 0.1) is 0 Å². The molecule has 0 aromatic carbocycles. The lowest BCUT2D eigenvalue weighted by Crippen LogP contribution is -2.32. The molecular formula is C10H15NO2. The molecule has 0 radical (unpaired) electrons. The standard InChI is InChI=1S/C10H15NO2/c1-10(2,11)5-3-9(12)8-4-6-13-7-8/h4,6-7H,3,5,11H2,1-2H3. The van der Waals surface area contributed by atoms with Crippen molar-refractivity contribution >= 4 is 5.78 Å². The fourth-order valence-electron chi connectivity index (χ4n) is 1.00. The number of nitrogens with two attached hydrogens (primary N) is 1. The SMILES string of the molecule is CC(C)(N)CCC(=O)c1ccoc1. The van der Waals surface area contributed by atoms with Crippen LogP contribution in [0.15, 0.2) is 23.0 Å². The largest absolute Gasteiger partial charge is 0.472 e. The van der Waals surface area contributed by atoms with Gasteiger partial charge in [-0.15, -0.1) is 0 Å². The van der Waals surface area contributed by atoms with Crippen molar-refractivity contribution < 1.29 is 9.21 Å². The highest BCUT2D eigenvalue weighted by molar-refractivity contribution is 5.95. The maximum atomic E-state index is 11.4. The van der Waals surface area contributed by atoms with Crippen LogP contribution in [0.5, 0.6) is 0 Å². The molecule has 0 aliphatic heterocycles. The van der Waals surface area contributed by atoms with Gasteiger partial charge in [-0.1, -0.05) is 0 Å². The number of ketones is 1. The molecule has 0 aliphatic rings. The van der Waals surface area contributed by atoms with Crippen molar-refractivity contribution in [3.8, 4) is 0 Å². The monoisotopic (exact) mass is 181 g/mol. The summed E-state index contributed by atoms with van der Waals surface area (Å²) in [5, 5.41) is 0. The van der Waals surface area contributed by atoms with Crippen LogP contribution < -0.4 is 5.73 Å². The van der Waals surface area contributed by atoms with Crippen LogP contribution in [0.2, 0.25) is 0 Å². The van der Waals surface area contributed by atoms with E-state index in [0.717, 1.165) is 0 Å². The zero-order chi connectivity index (χ0) is 9.90. The van der Waals surface area contributed by atoms with E-state index < -0.39 is 0 Å². The zero-order valence-electron chi connectivity index (χ0n) is 8.04. The molecule has 0 fully saturated rings. The minimum absolute atomic E-state index is 0.0901. The Morgan fingerprint density at radius 1 is 1.62 bits per heavy atom. The van der Waals surface area contributed by atoms with Crippen molar-refractivity contribution in [2.24, 2.45) is 5.73 Å². The number of furan rings is 1. The highest BCUT2D eigenvalue weighted by Crippen LogP contribution is 2.11. The lowest BCUT2D eigenvalue weighted by molar-refractivity contribution is 0.0972. The van der Waals surface area contributed by atoms with Crippen molar-refractivity contribution in [1.82, 2.24) is 0 Å². The maximum Gasteiger partial charge on any atom is 0.166 e. The Labute approximate surface area is 77.9 Å². The molecule has 72 valence electrons. The fraction of sp³-hybridized carbons (Fsp3) is 0.500. The van der Waals surface area contributed by atoms with E-state index in [4.69, 9.17) is 10.2 Å². The van der Waals surface area contributed by atoms with Crippen molar-refractivity contribution in [1.29, 1.82) is 0 Å². The van der Waals surface area contributed by atoms with E-state index >= 15 is 0 Å². The van der Waals surface area contributed by atoms with Crippen LogP contribution in [0.25, 0.3) is 0 Å². The van der Waals surface area contributed by atoms with Gasteiger partial charge in [0.15, 0.2) is 5.78 Å². The summed E-state index contributed by atoms with van der Waals surface area (Å²) >= 11 is 0. The molecule has 1 aromatic rings. The third kappa shape index (κ3) is 3.42.